The van der Waals surface area contributed by atoms with E-state index in [0.29, 0.717) is 33.4 Å². The second kappa shape index (κ2) is 15.1. The Morgan fingerprint density at radius 3 is 1.21 bits per heavy atom. The molecule has 3 aliphatic rings. The summed E-state index contributed by atoms with van der Waals surface area (Å²) in [4.78, 5) is 7.99. The summed E-state index contributed by atoms with van der Waals surface area (Å²) in [6, 6.07) is 42.0. The third-order valence-corrected chi connectivity index (χ3v) is 11.9. The molecule has 10 heteroatoms. The minimum Gasteiger partial charge on any atom is -0.378 e. The Morgan fingerprint density at radius 2 is 0.860 bits per heavy atom. The van der Waals surface area contributed by atoms with Gasteiger partial charge in [-0.15, -0.1) is 23.2 Å². The molecule has 0 heterocycles. The molecule has 0 bridgehead atoms. The number of halogens is 2. The molecule has 0 saturated heterocycles. The second-order valence-electron chi connectivity index (χ2n) is 15.3. The van der Waals surface area contributed by atoms with Gasteiger partial charge in [0.25, 0.3) is 0 Å². The van der Waals surface area contributed by atoms with E-state index in [1.807, 2.05) is 185 Å². The molecule has 8 nitrogen and oxygen atoms in total. The first-order valence-electron chi connectivity index (χ1n) is 18.3. The molecule has 3 atom stereocenters. The summed E-state index contributed by atoms with van der Waals surface area (Å²) in [7, 11) is 15.7. The number of benzene rings is 4. The summed E-state index contributed by atoms with van der Waals surface area (Å²) in [6.07, 6.45) is 3.96. The van der Waals surface area contributed by atoms with Crippen LogP contribution in [0.25, 0.3) is 16.7 Å². The van der Waals surface area contributed by atoms with Crippen molar-refractivity contribution in [2.24, 2.45) is 16.2 Å². The van der Waals surface area contributed by atoms with Gasteiger partial charge in [0.1, 0.15) is 5.41 Å². The van der Waals surface area contributed by atoms with Crippen LogP contribution in [0.1, 0.15) is 22.3 Å². The molecule has 0 aromatic heterocycles. The standard InChI is InChI=1S/C46H42N8.CH2Cl2/c1-51(2)35-17-9-31(10-18-35)39-25-44(34-15-23-38(24-16-34)54(7)8)41(27-47)42(33-13-21-37(22-14-33)53(5)6)45(30-50)40(26-46(44,45)43(39,28-48)29-49)32-11-19-36(20-12-32)52(3)4;2-1-3/h9-26H,1-8H3;1H2/t44-,45+,46+;/m0./s1. The van der Waals surface area contributed by atoms with Crippen LogP contribution in [0.2, 0.25) is 0 Å². The van der Waals surface area contributed by atoms with Gasteiger partial charge in [0.15, 0.2) is 5.41 Å². The average Bonchev–Trinajstić information content (AvgIpc) is 3.58. The normalized spacial score (nSPS) is 22.0. The Hall–Kier alpha value is -6.16. The number of nitrogens with zero attached hydrogens (tertiary/aromatic N) is 8. The molecule has 0 N–H and O–H groups in total. The van der Waals surface area contributed by atoms with Crippen LogP contribution in [-0.4, -0.2) is 61.7 Å². The van der Waals surface area contributed by atoms with Crippen molar-refractivity contribution in [3.8, 4) is 24.3 Å². The van der Waals surface area contributed by atoms with Gasteiger partial charge >= 0.3 is 0 Å². The van der Waals surface area contributed by atoms with Crippen molar-refractivity contribution in [1.82, 2.24) is 0 Å². The maximum atomic E-state index is 12.0. The lowest BCUT2D eigenvalue weighted by Crippen LogP contribution is -2.61. The zero-order chi connectivity index (χ0) is 41.5. The fourth-order valence-electron chi connectivity index (χ4n) is 9.21. The highest BCUT2D eigenvalue weighted by Crippen LogP contribution is 2.87. The maximum Gasteiger partial charge on any atom is 0.181 e. The number of alkyl halides is 2. The highest BCUT2D eigenvalue weighted by atomic mass is 35.5. The van der Waals surface area contributed by atoms with Crippen LogP contribution >= 0.6 is 23.2 Å². The molecule has 0 aliphatic heterocycles. The van der Waals surface area contributed by atoms with E-state index in [1.165, 1.54) is 0 Å². The Kier molecular flexibility index (Phi) is 10.7. The predicted octanol–water partition coefficient (Wildman–Crippen LogP) is 9.33. The van der Waals surface area contributed by atoms with Crippen molar-refractivity contribution in [2.75, 3.05) is 81.3 Å². The van der Waals surface area contributed by atoms with Gasteiger partial charge in [0.05, 0.1) is 46.0 Å². The van der Waals surface area contributed by atoms with Crippen LogP contribution in [0.5, 0.6) is 0 Å². The van der Waals surface area contributed by atoms with Crippen LogP contribution in [0.15, 0.2) is 115 Å². The third-order valence-electron chi connectivity index (χ3n) is 11.9. The molecule has 0 unspecified atom stereocenters. The van der Waals surface area contributed by atoms with E-state index in [0.717, 1.165) is 33.9 Å². The van der Waals surface area contributed by atoms with E-state index < -0.39 is 21.7 Å². The monoisotopic (exact) mass is 790 g/mol. The lowest BCUT2D eigenvalue weighted by molar-refractivity contribution is 0.125. The molecule has 0 radical (unpaired) electrons. The Labute approximate surface area is 346 Å². The fraction of sp³-hybridized carbons (Fsp3) is 0.277. The molecular formula is C47H44Cl2N8. The van der Waals surface area contributed by atoms with Gasteiger partial charge in [-0.3, -0.25) is 0 Å². The molecule has 4 aromatic rings. The molecule has 3 aliphatic carbocycles. The zero-order valence-electron chi connectivity index (χ0n) is 33.4. The van der Waals surface area contributed by atoms with Crippen molar-refractivity contribution in [3.63, 3.8) is 0 Å². The number of anilines is 4. The number of hydrogen-bond acceptors (Lipinski definition) is 8. The van der Waals surface area contributed by atoms with Crippen molar-refractivity contribution in [2.45, 2.75) is 5.41 Å². The minimum absolute atomic E-state index is 0.194. The van der Waals surface area contributed by atoms with E-state index in [4.69, 9.17) is 23.2 Å². The van der Waals surface area contributed by atoms with E-state index in [9.17, 15) is 21.0 Å². The van der Waals surface area contributed by atoms with Crippen LogP contribution in [0.3, 0.4) is 0 Å². The van der Waals surface area contributed by atoms with E-state index in [1.54, 1.807) is 0 Å². The lowest BCUT2D eigenvalue weighted by Gasteiger charge is -2.59. The number of rotatable bonds is 8. The molecule has 57 heavy (non-hydrogen) atoms. The number of nitriles is 4. The summed E-state index contributed by atoms with van der Waals surface area (Å²) in [5, 5.41) is 47.0. The maximum absolute atomic E-state index is 12.0. The summed E-state index contributed by atoms with van der Waals surface area (Å²) in [6.45, 7) is 0. The number of hydrogen-bond donors (Lipinski definition) is 0. The third kappa shape index (κ3) is 5.51. The first-order valence-corrected chi connectivity index (χ1v) is 19.4. The van der Waals surface area contributed by atoms with E-state index >= 15 is 0 Å². The van der Waals surface area contributed by atoms with Gasteiger partial charge in [-0.05, 0) is 87.5 Å². The predicted molar refractivity (Wildman–Crippen MR) is 234 cm³/mol. The Balaban J connectivity index is 0.00000177. The van der Waals surface area contributed by atoms with Crippen molar-refractivity contribution < 1.29 is 0 Å². The highest BCUT2D eigenvalue weighted by molar-refractivity contribution is 6.40. The van der Waals surface area contributed by atoms with Crippen LogP contribution in [0, 0.1) is 61.6 Å². The van der Waals surface area contributed by atoms with Gasteiger partial charge in [-0.25, -0.2) is 0 Å². The van der Waals surface area contributed by atoms with Gasteiger partial charge in [0, 0.05) is 79.1 Å². The molecule has 0 amide bonds. The van der Waals surface area contributed by atoms with E-state index in [2.05, 4.69) is 24.3 Å². The summed E-state index contributed by atoms with van der Waals surface area (Å²) < 4.78 is 0. The van der Waals surface area contributed by atoms with Crippen molar-refractivity contribution in [3.05, 3.63) is 137 Å². The molecular weight excluding hydrogens is 747 g/mol. The molecule has 1 spiro atoms. The zero-order valence-corrected chi connectivity index (χ0v) is 34.9. The van der Waals surface area contributed by atoms with Gasteiger partial charge in [-0.2, -0.15) is 21.0 Å². The van der Waals surface area contributed by atoms with Gasteiger partial charge < -0.3 is 19.6 Å². The Bertz CT molecular complexity index is 2440. The summed E-state index contributed by atoms with van der Waals surface area (Å²) in [5.41, 5.74) is 2.44. The molecule has 4 aromatic carbocycles. The Morgan fingerprint density at radius 1 is 0.491 bits per heavy atom. The molecule has 7 rings (SSSR count). The van der Waals surface area contributed by atoms with Crippen LogP contribution in [-0.2, 0) is 5.41 Å². The highest BCUT2D eigenvalue weighted by Gasteiger charge is 2.87. The lowest BCUT2D eigenvalue weighted by atomic mass is 9.36. The summed E-state index contributed by atoms with van der Waals surface area (Å²) >= 11 is 9.53. The molecule has 0 fully saturated rings. The first kappa shape index (κ1) is 40.5. The summed E-state index contributed by atoms with van der Waals surface area (Å²) in [5.74, 6) is 0. The first-order chi connectivity index (χ1) is 27.2. The topological polar surface area (TPSA) is 108 Å². The largest absolute Gasteiger partial charge is 0.378 e. The van der Waals surface area contributed by atoms with E-state index in [-0.39, 0.29) is 5.34 Å². The fourth-order valence-corrected chi connectivity index (χ4v) is 9.21. The quantitative estimate of drug-likeness (QED) is 0.163. The van der Waals surface area contributed by atoms with Crippen LogP contribution < -0.4 is 19.6 Å². The molecule has 286 valence electrons. The van der Waals surface area contributed by atoms with Crippen molar-refractivity contribution >= 4 is 62.7 Å². The smallest absolute Gasteiger partial charge is 0.181 e. The molecule has 0 saturated carbocycles. The minimum atomic E-state index is -1.89. The van der Waals surface area contributed by atoms with Crippen molar-refractivity contribution in [1.29, 1.82) is 21.0 Å². The van der Waals surface area contributed by atoms with Gasteiger partial charge in [-0.1, -0.05) is 60.7 Å². The average molecular weight is 792 g/mol. The van der Waals surface area contributed by atoms with Crippen LogP contribution in [0.4, 0.5) is 22.7 Å². The number of allylic oxidation sites excluding steroid dienone is 6. The SMILES string of the molecule is CN(C)c1ccc(C2=C[C@]3(c4ccc(N(C)C)cc4)C(C#N)=C(c4ccc(N(C)C)cc4)[C@@]4(C#N)C(c5ccc(N(C)C)cc5)=C[C@]43C2(C#N)C#N)cc1.ClCCl. The second-order valence-corrected chi connectivity index (χ2v) is 16.1. The van der Waals surface area contributed by atoms with Gasteiger partial charge in [0.2, 0.25) is 0 Å².